The highest BCUT2D eigenvalue weighted by atomic mass is 16.7. The van der Waals surface area contributed by atoms with E-state index < -0.39 is 82.9 Å². The van der Waals surface area contributed by atoms with Crippen LogP contribution in [0.4, 0.5) is 0 Å². The number of Topliss-reactive ketones (excluding diaryl/α,β-unsaturated/α-hetero) is 2. The van der Waals surface area contributed by atoms with Crippen LogP contribution in [0.1, 0.15) is 103 Å². The Hall–Kier alpha value is -4.15. The molecule has 4 heterocycles. The van der Waals surface area contributed by atoms with Crippen LogP contribution in [0.5, 0.6) is 17.2 Å². The number of hydrogen-bond acceptors (Lipinski definition) is 14. The molecule has 1 saturated carbocycles. The second kappa shape index (κ2) is 15.3. The molecule has 14 heteroatoms. The van der Waals surface area contributed by atoms with E-state index in [1.54, 1.807) is 26.1 Å². The molecule has 60 heavy (non-hydrogen) atoms. The Kier molecular flexibility index (Phi) is 11.2. The first-order chi connectivity index (χ1) is 28.2. The zero-order chi connectivity index (χ0) is 43.9. The van der Waals surface area contributed by atoms with Crippen molar-refractivity contribution in [2.24, 2.45) is 5.92 Å². The van der Waals surface area contributed by atoms with Gasteiger partial charge in [0.1, 0.15) is 58.4 Å². The molecule has 5 N–H and O–H groups in total. The molecular weight excluding hydrogens is 774 g/mol. The highest BCUT2D eigenvalue weighted by Gasteiger charge is 2.84. The van der Waals surface area contributed by atoms with E-state index in [9.17, 15) is 25.2 Å². The van der Waals surface area contributed by atoms with E-state index >= 15 is 9.59 Å². The van der Waals surface area contributed by atoms with Gasteiger partial charge in [-0.15, -0.1) is 0 Å². The second-order valence-corrected chi connectivity index (χ2v) is 18.3. The van der Waals surface area contributed by atoms with Gasteiger partial charge in [0.15, 0.2) is 22.8 Å². The molecule has 4 aliphatic heterocycles. The van der Waals surface area contributed by atoms with E-state index in [0.29, 0.717) is 29.7 Å². The standard InChI is InChI=1S/C46H59NO13/c1-23(2)12-11-17-43(8)18-16-27-36(58-43)26(14-13-24(3)4)38-31(37(27)57-40-35(52)34(51)33(50)29(22-48)56-40)32(49)28-20-44(47-9)21-30-42(6,7)60-45(41(44)54,46(28,30)59-38)19-15-25(5)39(53)55-10/h12-13,15-16,18,20,29-30,33-35,40,47-48,50-52H,11,14,17,19,21-22H2,1-10H3/t29-,30?,33-,34-,35-,40+,43?,44?,45?,46?/m1/s1. The minimum absolute atomic E-state index is 0.0268. The fourth-order valence-corrected chi connectivity index (χ4v) is 10.0. The Morgan fingerprint density at radius 2 is 1.67 bits per heavy atom. The Labute approximate surface area is 350 Å². The first-order valence-corrected chi connectivity index (χ1v) is 20.7. The molecule has 1 aromatic rings. The lowest BCUT2D eigenvalue weighted by Gasteiger charge is -2.60. The molecule has 3 fully saturated rings. The number of carbonyl (C=O) groups is 3. The third kappa shape index (κ3) is 6.52. The third-order valence-corrected chi connectivity index (χ3v) is 13.3. The zero-order valence-corrected chi connectivity index (χ0v) is 36.1. The summed E-state index contributed by atoms with van der Waals surface area (Å²) in [4.78, 5) is 43.7. The molecule has 1 aromatic carbocycles. The van der Waals surface area contributed by atoms with Gasteiger partial charge in [0.25, 0.3) is 0 Å². The number of methoxy groups -OCH3 is 1. The lowest BCUT2D eigenvalue weighted by molar-refractivity contribution is -0.277. The van der Waals surface area contributed by atoms with Crippen molar-refractivity contribution in [1.29, 1.82) is 0 Å². The Balaban J connectivity index is 1.53. The summed E-state index contributed by atoms with van der Waals surface area (Å²) in [6.45, 7) is 14.5. The van der Waals surface area contributed by atoms with E-state index in [0.717, 1.165) is 11.1 Å². The molecule has 5 unspecified atom stereocenters. The highest BCUT2D eigenvalue weighted by molar-refractivity contribution is 6.20. The smallest absolute Gasteiger partial charge is 0.333 e. The van der Waals surface area contributed by atoms with E-state index in [1.165, 1.54) is 7.11 Å². The van der Waals surface area contributed by atoms with Crippen LogP contribution in [0.2, 0.25) is 0 Å². The summed E-state index contributed by atoms with van der Waals surface area (Å²) in [5.74, 6) is -1.68. The van der Waals surface area contributed by atoms with Crippen LogP contribution < -0.4 is 19.5 Å². The largest absolute Gasteiger partial charge is 0.482 e. The fraction of sp³-hybridized carbons (Fsp3) is 0.587. The molecule has 1 spiro atoms. The minimum Gasteiger partial charge on any atom is -0.482 e. The van der Waals surface area contributed by atoms with Gasteiger partial charge in [-0.3, -0.25) is 9.59 Å². The number of esters is 1. The number of ether oxygens (including phenoxy) is 6. The number of benzene rings is 1. The first-order valence-electron chi connectivity index (χ1n) is 20.7. The molecule has 0 aromatic heterocycles. The van der Waals surface area contributed by atoms with Crippen LogP contribution in [0.25, 0.3) is 6.08 Å². The molecule has 326 valence electrons. The maximum absolute atomic E-state index is 15.8. The Morgan fingerprint density at radius 1 is 0.967 bits per heavy atom. The summed E-state index contributed by atoms with van der Waals surface area (Å²) in [6.07, 6.45) is 4.50. The maximum atomic E-state index is 15.8. The molecule has 4 bridgehead atoms. The summed E-state index contributed by atoms with van der Waals surface area (Å²) in [5, 5.41) is 46.0. The van der Waals surface area contributed by atoms with Gasteiger partial charge in [-0.25, -0.2) is 4.79 Å². The number of allylic oxidation sites excluding steroid dienone is 4. The predicted octanol–water partition coefficient (Wildman–Crippen LogP) is 4.14. The monoisotopic (exact) mass is 833 g/mol. The van der Waals surface area contributed by atoms with Crippen molar-refractivity contribution in [2.75, 3.05) is 20.8 Å². The highest BCUT2D eigenvalue weighted by Crippen LogP contribution is 2.69. The number of ketones is 2. The Morgan fingerprint density at radius 3 is 2.30 bits per heavy atom. The van der Waals surface area contributed by atoms with Gasteiger partial charge in [0, 0.05) is 29.0 Å². The van der Waals surface area contributed by atoms with E-state index in [4.69, 9.17) is 28.4 Å². The quantitative estimate of drug-likeness (QED) is 0.114. The molecule has 0 radical (unpaired) electrons. The van der Waals surface area contributed by atoms with Crippen molar-refractivity contribution >= 4 is 23.6 Å². The third-order valence-electron chi connectivity index (χ3n) is 13.3. The Bertz CT molecular complexity index is 2140. The van der Waals surface area contributed by atoms with Crippen LogP contribution in [0.3, 0.4) is 0 Å². The molecule has 14 nitrogen and oxygen atoms in total. The molecule has 0 amide bonds. The summed E-state index contributed by atoms with van der Waals surface area (Å²) in [7, 11) is 2.93. The van der Waals surface area contributed by atoms with Gasteiger partial charge in [0.2, 0.25) is 6.29 Å². The molecule has 3 aliphatic carbocycles. The van der Waals surface area contributed by atoms with Crippen molar-refractivity contribution < 1.29 is 63.2 Å². The summed E-state index contributed by atoms with van der Waals surface area (Å²) >= 11 is 0. The number of likely N-dealkylation sites (N-methyl/N-ethyl adjacent to an activating group) is 1. The van der Waals surface area contributed by atoms with Crippen molar-refractivity contribution in [1.82, 2.24) is 5.32 Å². The average Bonchev–Trinajstić information content (AvgIpc) is 3.35. The van der Waals surface area contributed by atoms with Crippen LogP contribution >= 0.6 is 0 Å². The number of nitrogens with one attached hydrogen (secondary N) is 1. The van der Waals surface area contributed by atoms with Crippen LogP contribution in [0, 0.1) is 5.92 Å². The summed E-state index contributed by atoms with van der Waals surface area (Å²) < 4.78 is 38.8. The van der Waals surface area contributed by atoms with Gasteiger partial charge in [-0.05, 0) is 106 Å². The predicted molar refractivity (Wildman–Crippen MR) is 220 cm³/mol. The normalized spacial score (nSPS) is 35.6. The summed E-state index contributed by atoms with van der Waals surface area (Å²) in [5.41, 5.74) is -3.35. The van der Waals surface area contributed by atoms with Crippen LogP contribution in [-0.4, -0.2) is 117 Å². The van der Waals surface area contributed by atoms with Crippen molar-refractivity contribution in [3.8, 4) is 17.2 Å². The number of fused-ring (bicyclic) bond motifs is 2. The SMILES string of the molecule is CNC12C=C3C(=O)c4c(O[C@@H]5O[C@H](CO)[C@@H](O)[C@@H](O)[C@H]5O)c5c(c(CC=C(C)C)c4OC34C(C1)C(C)(C)OC4(CC=C(C)C(=O)OC)C2=O)OC(C)(CCC=C(C)C)C=C5. The van der Waals surface area contributed by atoms with E-state index in [2.05, 4.69) is 11.4 Å². The number of aliphatic hydroxyl groups excluding tert-OH is 4. The van der Waals surface area contributed by atoms with Gasteiger partial charge < -0.3 is 54.2 Å². The van der Waals surface area contributed by atoms with Gasteiger partial charge in [0.05, 0.1) is 24.9 Å². The van der Waals surface area contributed by atoms with Gasteiger partial charge >= 0.3 is 5.97 Å². The zero-order valence-electron chi connectivity index (χ0n) is 36.1. The first kappa shape index (κ1) is 43.9. The number of aliphatic hydroxyl groups is 4. The van der Waals surface area contributed by atoms with Crippen LogP contribution in [0.15, 0.2) is 52.7 Å². The van der Waals surface area contributed by atoms with Crippen LogP contribution in [-0.2, 0) is 30.2 Å². The minimum atomic E-state index is -1.81. The van der Waals surface area contributed by atoms with Crippen molar-refractivity contribution in [3.05, 3.63) is 69.4 Å². The molecular formula is C46H59NO13. The number of rotatable bonds is 12. The maximum Gasteiger partial charge on any atom is 0.333 e. The lowest BCUT2D eigenvalue weighted by Crippen LogP contribution is -2.79. The topological polar surface area (TPSA) is 200 Å². The number of carbonyl (C=O) groups excluding carboxylic acids is 3. The van der Waals surface area contributed by atoms with E-state index in [-0.39, 0.29) is 53.3 Å². The molecule has 8 rings (SSSR count). The molecule has 2 saturated heterocycles. The van der Waals surface area contributed by atoms with E-state index in [1.807, 2.05) is 66.7 Å². The van der Waals surface area contributed by atoms with Gasteiger partial charge in [-0.1, -0.05) is 29.4 Å². The lowest BCUT2D eigenvalue weighted by atomic mass is 9.48. The molecule has 10 atom stereocenters. The van der Waals surface area contributed by atoms with Crippen molar-refractivity contribution in [3.63, 3.8) is 0 Å². The molecule has 7 aliphatic rings. The van der Waals surface area contributed by atoms with Gasteiger partial charge in [-0.2, -0.15) is 0 Å². The fourth-order valence-electron chi connectivity index (χ4n) is 10.0. The van der Waals surface area contributed by atoms with Crippen molar-refractivity contribution in [2.45, 2.75) is 146 Å². The number of hydrogen-bond donors (Lipinski definition) is 5. The summed E-state index contributed by atoms with van der Waals surface area (Å²) in [6, 6.07) is 0. The second-order valence-electron chi connectivity index (χ2n) is 18.3. The average molecular weight is 834 g/mol.